The van der Waals surface area contributed by atoms with Crippen molar-refractivity contribution in [3.8, 4) is 5.75 Å². The van der Waals surface area contributed by atoms with Crippen LogP contribution in [0.3, 0.4) is 0 Å². The van der Waals surface area contributed by atoms with Crippen LogP contribution in [0.4, 0.5) is 0 Å². The second kappa shape index (κ2) is 5.24. The van der Waals surface area contributed by atoms with E-state index in [4.69, 9.17) is 0 Å². The molecule has 0 amide bonds. The van der Waals surface area contributed by atoms with Crippen LogP contribution in [0, 0.1) is 10.8 Å². The number of aromatic hydroxyl groups is 1. The molecule has 0 aromatic heterocycles. The quantitative estimate of drug-likeness (QED) is 0.740. The molecule has 0 bridgehead atoms. The Kier molecular flexibility index (Phi) is 4.53. The maximum Gasteiger partial charge on any atom is 0.129 e. The van der Waals surface area contributed by atoms with Crippen LogP contribution in [-0.4, -0.2) is 5.11 Å². The predicted octanol–water partition coefficient (Wildman–Crippen LogP) is 5.72. The molecule has 0 saturated heterocycles. The van der Waals surface area contributed by atoms with Gasteiger partial charge in [-0.2, -0.15) is 0 Å². The molecule has 1 rings (SSSR count). The second-order valence-corrected chi connectivity index (χ2v) is 8.25. The fraction of sp³-hybridized carbons (Fsp3) is 0.625. The van der Waals surface area contributed by atoms with Crippen LogP contribution >= 0.6 is 15.9 Å². The van der Waals surface area contributed by atoms with E-state index < -0.39 is 0 Å². The fourth-order valence-electron chi connectivity index (χ4n) is 2.28. The normalized spacial score (nSPS) is 14.6. The van der Waals surface area contributed by atoms with Gasteiger partial charge in [-0.3, -0.25) is 0 Å². The molecule has 1 atom stereocenters. The van der Waals surface area contributed by atoms with E-state index >= 15 is 0 Å². The molecular formula is C16H25BrO. The average molecular weight is 313 g/mol. The summed E-state index contributed by atoms with van der Waals surface area (Å²) in [6.07, 6.45) is 1.13. The first-order valence-electron chi connectivity index (χ1n) is 6.49. The molecule has 0 aliphatic heterocycles. The van der Waals surface area contributed by atoms with E-state index in [-0.39, 0.29) is 5.41 Å². The van der Waals surface area contributed by atoms with E-state index in [1.54, 1.807) is 6.07 Å². The molecule has 2 heteroatoms. The average Bonchev–Trinajstić information content (AvgIpc) is 2.16. The van der Waals surface area contributed by atoms with Crippen LogP contribution in [0.2, 0.25) is 0 Å². The molecule has 0 aliphatic carbocycles. The largest absolute Gasteiger partial charge is 0.507 e. The third-order valence-electron chi connectivity index (χ3n) is 3.24. The molecule has 0 heterocycles. The highest BCUT2D eigenvalue weighted by atomic mass is 79.9. The first-order chi connectivity index (χ1) is 8.00. The van der Waals surface area contributed by atoms with Gasteiger partial charge in [-0.1, -0.05) is 47.6 Å². The number of hydrogen-bond acceptors (Lipinski definition) is 1. The van der Waals surface area contributed by atoms with E-state index in [2.05, 4.69) is 63.5 Å². The molecule has 0 aliphatic rings. The summed E-state index contributed by atoms with van der Waals surface area (Å²) in [5.74, 6) is 0.788. The van der Waals surface area contributed by atoms with Crippen molar-refractivity contribution in [3.63, 3.8) is 0 Å². The molecule has 1 N–H and O–H groups in total. The van der Waals surface area contributed by atoms with Gasteiger partial charge in [-0.05, 0) is 56.8 Å². The van der Waals surface area contributed by atoms with Gasteiger partial charge in [0.2, 0.25) is 0 Å². The first-order valence-corrected chi connectivity index (χ1v) is 7.28. The van der Waals surface area contributed by atoms with Crippen LogP contribution in [-0.2, 0) is 0 Å². The number of phenols is 1. The van der Waals surface area contributed by atoms with Gasteiger partial charge in [0, 0.05) is 0 Å². The minimum atomic E-state index is 0.212. The van der Waals surface area contributed by atoms with Crippen molar-refractivity contribution >= 4 is 15.9 Å². The van der Waals surface area contributed by atoms with Crippen LogP contribution < -0.4 is 0 Å². The summed E-state index contributed by atoms with van der Waals surface area (Å²) in [5.41, 5.74) is 1.80. The molecule has 18 heavy (non-hydrogen) atoms. The third kappa shape index (κ3) is 4.31. The van der Waals surface area contributed by atoms with Crippen LogP contribution in [0.15, 0.2) is 22.7 Å². The monoisotopic (exact) mass is 312 g/mol. The van der Waals surface area contributed by atoms with E-state index in [0.29, 0.717) is 17.1 Å². The van der Waals surface area contributed by atoms with Gasteiger partial charge >= 0.3 is 0 Å². The molecule has 1 nitrogen and oxygen atoms in total. The topological polar surface area (TPSA) is 20.2 Å². The highest BCUT2D eigenvalue weighted by molar-refractivity contribution is 9.10. The molecule has 0 spiro atoms. The van der Waals surface area contributed by atoms with E-state index in [9.17, 15) is 5.11 Å². The lowest BCUT2D eigenvalue weighted by molar-refractivity contribution is 0.229. The van der Waals surface area contributed by atoms with Gasteiger partial charge in [0.1, 0.15) is 5.75 Å². The maximum absolute atomic E-state index is 9.61. The van der Waals surface area contributed by atoms with Crippen LogP contribution in [0.25, 0.3) is 0 Å². The Morgan fingerprint density at radius 3 is 2.06 bits per heavy atom. The van der Waals surface area contributed by atoms with Crippen molar-refractivity contribution in [2.45, 2.75) is 53.9 Å². The summed E-state index contributed by atoms with van der Waals surface area (Å²) in [6.45, 7) is 13.7. The number of phenolic OH excluding ortho intramolecular Hbond substituents is 1. The molecule has 102 valence electrons. The summed E-state index contributed by atoms with van der Waals surface area (Å²) in [7, 11) is 0. The number of rotatable bonds is 2. The van der Waals surface area contributed by atoms with Crippen molar-refractivity contribution in [2.24, 2.45) is 10.8 Å². The Morgan fingerprint density at radius 1 is 1.11 bits per heavy atom. The molecule has 1 unspecified atom stereocenters. The van der Waals surface area contributed by atoms with E-state index in [0.717, 1.165) is 10.9 Å². The van der Waals surface area contributed by atoms with E-state index in [1.807, 2.05) is 6.07 Å². The lowest BCUT2D eigenvalue weighted by atomic mass is 9.69. The van der Waals surface area contributed by atoms with Gasteiger partial charge < -0.3 is 5.11 Å². The molecule has 0 saturated carbocycles. The summed E-state index contributed by atoms with van der Waals surface area (Å²) >= 11 is 3.41. The fourth-order valence-corrected chi connectivity index (χ4v) is 2.67. The molecule has 0 fully saturated rings. The van der Waals surface area contributed by atoms with Crippen LogP contribution in [0.5, 0.6) is 5.75 Å². The second-order valence-electron chi connectivity index (χ2n) is 7.39. The van der Waals surface area contributed by atoms with Gasteiger partial charge in [0.25, 0.3) is 0 Å². The summed E-state index contributed by atoms with van der Waals surface area (Å²) in [5, 5.41) is 9.61. The van der Waals surface area contributed by atoms with Crippen molar-refractivity contribution in [1.29, 1.82) is 0 Å². The Morgan fingerprint density at radius 2 is 1.67 bits per heavy atom. The predicted molar refractivity (Wildman–Crippen MR) is 82.1 cm³/mol. The minimum Gasteiger partial charge on any atom is -0.507 e. The minimum absolute atomic E-state index is 0.212. The van der Waals surface area contributed by atoms with Gasteiger partial charge in [-0.25, -0.2) is 0 Å². The molecule has 1 aromatic rings. The Bertz CT molecular complexity index is 410. The standard InChI is InChI=1S/C16H25BrO/c1-15(2,3)10-12(16(4,5)6)11-7-8-14(18)13(17)9-11/h7-9,12,18H,10H2,1-6H3. The van der Waals surface area contributed by atoms with Crippen LogP contribution in [0.1, 0.15) is 59.4 Å². The summed E-state index contributed by atoms with van der Waals surface area (Å²) < 4.78 is 0.781. The first kappa shape index (κ1) is 15.6. The molecular weight excluding hydrogens is 288 g/mol. The Hall–Kier alpha value is -0.500. The van der Waals surface area contributed by atoms with E-state index in [1.165, 1.54) is 5.56 Å². The van der Waals surface area contributed by atoms with Crippen molar-refractivity contribution < 1.29 is 5.11 Å². The van der Waals surface area contributed by atoms with Gasteiger partial charge in [0.05, 0.1) is 4.47 Å². The Labute approximate surface area is 120 Å². The zero-order valence-corrected chi connectivity index (χ0v) is 13.9. The summed E-state index contributed by atoms with van der Waals surface area (Å²) in [6, 6.07) is 5.87. The van der Waals surface area contributed by atoms with Crippen molar-refractivity contribution in [1.82, 2.24) is 0 Å². The lowest BCUT2D eigenvalue weighted by Gasteiger charge is -2.36. The molecule has 0 radical (unpaired) electrons. The van der Waals surface area contributed by atoms with Gasteiger partial charge in [0.15, 0.2) is 0 Å². The van der Waals surface area contributed by atoms with Crippen molar-refractivity contribution in [2.75, 3.05) is 0 Å². The van der Waals surface area contributed by atoms with Crippen molar-refractivity contribution in [3.05, 3.63) is 28.2 Å². The summed E-state index contributed by atoms with van der Waals surface area (Å²) in [4.78, 5) is 0. The number of hydrogen-bond donors (Lipinski definition) is 1. The van der Waals surface area contributed by atoms with Gasteiger partial charge in [-0.15, -0.1) is 0 Å². The highest BCUT2D eigenvalue weighted by Crippen LogP contribution is 2.44. The number of benzene rings is 1. The third-order valence-corrected chi connectivity index (χ3v) is 3.87. The Balaban J connectivity index is 3.14. The number of halogens is 1. The smallest absolute Gasteiger partial charge is 0.129 e. The maximum atomic E-state index is 9.61. The zero-order chi connectivity index (χ0) is 14.1. The lowest BCUT2D eigenvalue weighted by Crippen LogP contribution is -2.23. The zero-order valence-electron chi connectivity index (χ0n) is 12.3. The SMILES string of the molecule is CC(C)(C)CC(c1ccc(O)c(Br)c1)C(C)(C)C. The molecule has 1 aromatic carbocycles. The highest BCUT2D eigenvalue weighted by Gasteiger charge is 2.30.